The highest BCUT2D eigenvalue weighted by atomic mass is 16.5. The van der Waals surface area contributed by atoms with E-state index in [1.54, 1.807) is 0 Å². The van der Waals surface area contributed by atoms with E-state index in [4.69, 9.17) is 4.74 Å². The molecule has 1 aromatic heterocycles. The van der Waals surface area contributed by atoms with E-state index < -0.39 is 0 Å². The summed E-state index contributed by atoms with van der Waals surface area (Å²) in [5, 5.41) is 3.38. The van der Waals surface area contributed by atoms with E-state index in [1.807, 2.05) is 20.2 Å². The number of aryl methyl sites for hydroxylation is 1. The minimum absolute atomic E-state index is 0.359. The van der Waals surface area contributed by atoms with Gasteiger partial charge in [0.2, 0.25) is 0 Å². The molecular weight excluding hydrogens is 200 g/mol. The summed E-state index contributed by atoms with van der Waals surface area (Å²) in [4.78, 5) is 4.36. The van der Waals surface area contributed by atoms with Crippen molar-refractivity contribution in [2.75, 3.05) is 13.7 Å². The number of nitrogens with one attached hydrogen (secondary N) is 1. The van der Waals surface area contributed by atoms with Crippen molar-refractivity contribution >= 4 is 0 Å². The Hall–Kier alpha value is -0.930. The highest BCUT2D eigenvalue weighted by Gasteiger charge is 2.29. The molecular formula is C13H20N2O. The summed E-state index contributed by atoms with van der Waals surface area (Å²) in [6.45, 7) is 5.00. The minimum atomic E-state index is 0.359. The van der Waals surface area contributed by atoms with Crippen LogP contribution in [0.15, 0.2) is 18.3 Å². The van der Waals surface area contributed by atoms with Crippen molar-refractivity contribution in [2.45, 2.75) is 32.4 Å². The quantitative estimate of drug-likeness (QED) is 0.846. The van der Waals surface area contributed by atoms with E-state index in [2.05, 4.69) is 29.4 Å². The lowest BCUT2D eigenvalue weighted by Crippen LogP contribution is -2.25. The number of hydrogen-bond donors (Lipinski definition) is 1. The van der Waals surface area contributed by atoms with Gasteiger partial charge in [0.1, 0.15) is 0 Å². The van der Waals surface area contributed by atoms with E-state index in [-0.39, 0.29) is 0 Å². The van der Waals surface area contributed by atoms with Gasteiger partial charge in [-0.15, -0.1) is 0 Å². The summed E-state index contributed by atoms with van der Waals surface area (Å²) in [6.07, 6.45) is 3.48. The first kappa shape index (κ1) is 11.6. The van der Waals surface area contributed by atoms with Gasteiger partial charge in [0.05, 0.1) is 12.7 Å². The van der Waals surface area contributed by atoms with Crippen LogP contribution >= 0.6 is 0 Å². The Morgan fingerprint density at radius 3 is 2.81 bits per heavy atom. The molecule has 0 saturated carbocycles. The Balaban J connectivity index is 2.13. The van der Waals surface area contributed by atoms with Gasteiger partial charge in [0, 0.05) is 23.9 Å². The zero-order valence-corrected chi connectivity index (χ0v) is 10.2. The van der Waals surface area contributed by atoms with Crippen LogP contribution in [0.5, 0.6) is 0 Å². The molecule has 3 atom stereocenters. The molecule has 1 aromatic rings. The number of hydrogen-bond acceptors (Lipinski definition) is 3. The number of pyridine rings is 1. The highest BCUT2D eigenvalue weighted by molar-refractivity contribution is 5.18. The topological polar surface area (TPSA) is 34.2 Å². The summed E-state index contributed by atoms with van der Waals surface area (Å²) < 4.78 is 5.63. The van der Waals surface area contributed by atoms with Crippen molar-refractivity contribution in [3.8, 4) is 0 Å². The van der Waals surface area contributed by atoms with Crippen LogP contribution in [0.25, 0.3) is 0 Å². The van der Waals surface area contributed by atoms with Crippen LogP contribution in [0.4, 0.5) is 0 Å². The van der Waals surface area contributed by atoms with Crippen LogP contribution in [0.1, 0.15) is 30.6 Å². The first-order valence-electron chi connectivity index (χ1n) is 5.92. The molecule has 1 saturated heterocycles. The predicted molar refractivity (Wildman–Crippen MR) is 64.3 cm³/mol. The van der Waals surface area contributed by atoms with E-state index in [0.717, 1.165) is 18.7 Å². The Morgan fingerprint density at radius 2 is 2.31 bits per heavy atom. The summed E-state index contributed by atoms with van der Waals surface area (Å²) in [7, 11) is 2.01. The fourth-order valence-corrected chi connectivity index (χ4v) is 2.42. The molecule has 0 bridgehead atoms. The molecule has 3 unspecified atom stereocenters. The Kier molecular flexibility index (Phi) is 3.56. The van der Waals surface area contributed by atoms with Crippen LogP contribution in [0, 0.1) is 12.8 Å². The molecule has 0 aliphatic carbocycles. The van der Waals surface area contributed by atoms with Gasteiger partial charge in [0.15, 0.2) is 0 Å². The average molecular weight is 220 g/mol. The molecule has 3 nitrogen and oxygen atoms in total. The first-order valence-corrected chi connectivity index (χ1v) is 5.92. The lowest BCUT2D eigenvalue weighted by Gasteiger charge is -2.22. The summed E-state index contributed by atoms with van der Waals surface area (Å²) >= 11 is 0. The van der Waals surface area contributed by atoms with Crippen molar-refractivity contribution in [1.29, 1.82) is 0 Å². The first-order chi connectivity index (χ1) is 7.70. The molecule has 1 aliphatic heterocycles. The molecule has 0 aromatic carbocycles. The molecule has 1 N–H and O–H groups in total. The SMILES string of the molecule is CNC(c1ccc(C)nc1)C1COC(C)C1. The van der Waals surface area contributed by atoms with Gasteiger partial charge < -0.3 is 10.1 Å². The van der Waals surface area contributed by atoms with E-state index >= 15 is 0 Å². The summed E-state index contributed by atoms with van der Waals surface area (Å²) in [6, 6.07) is 4.59. The number of nitrogens with zero attached hydrogens (tertiary/aromatic N) is 1. The Bertz CT molecular complexity index is 336. The van der Waals surface area contributed by atoms with Gasteiger partial charge in [-0.05, 0) is 38.9 Å². The van der Waals surface area contributed by atoms with Crippen LogP contribution in [-0.2, 0) is 4.74 Å². The molecule has 0 amide bonds. The maximum Gasteiger partial charge on any atom is 0.0551 e. The fourth-order valence-electron chi connectivity index (χ4n) is 2.42. The second-order valence-corrected chi connectivity index (χ2v) is 4.64. The maximum absolute atomic E-state index is 5.63. The van der Waals surface area contributed by atoms with Gasteiger partial charge in [-0.25, -0.2) is 0 Å². The Morgan fingerprint density at radius 1 is 1.50 bits per heavy atom. The molecule has 88 valence electrons. The Labute approximate surface area is 97.2 Å². The average Bonchev–Trinajstić information content (AvgIpc) is 2.69. The largest absolute Gasteiger partial charge is 0.378 e. The van der Waals surface area contributed by atoms with Gasteiger partial charge in [0.25, 0.3) is 0 Å². The van der Waals surface area contributed by atoms with Gasteiger partial charge in [-0.1, -0.05) is 6.07 Å². The van der Waals surface area contributed by atoms with Crippen LogP contribution in [0.3, 0.4) is 0 Å². The third kappa shape index (κ3) is 2.42. The van der Waals surface area contributed by atoms with Crippen molar-refractivity contribution in [2.24, 2.45) is 5.92 Å². The standard InChI is InChI=1S/C13H20N2O/c1-9-4-5-11(7-15-9)13(14-3)12-6-10(2)16-8-12/h4-5,7,10,12-14H,6,8H2,1-3H3. The van der Waals surface area contributed by atoms with Crippen molar-refractivity contribution in [3.63, 3.8) is 0 Å². The number of ether oxygens (including phenoxy) is 1. The molecule has 1 aliphatic rings. The van der Waals surface area contributed by atoms with Crippen LogP contribution < -0.4 is 5.32 Å². The molecule has 2 heterocycles. The maximum atomic E-state index is 5.63. The molecule has 0 radical (unpaired) electrons. The molecule has 0 spiro atoms. The lowest BCUT2D eigenvalue weighted by atomic mass is 9.92. The normalized spacial score (nSPS) is 26.9. The van der Waals surface area contributed by atoms with Crippen molar-refractivity contribution in [1.82, 2.24) is 10.3 Å². The predicted octanol–water partition coefficient (Wildman–Crippen LogP) is 2.08. The van der Waals surface area contributed by atoms with Gasteiger partial charge >= 0.3 is 0 Å². The highest BCUT2D eigenvalue weighted by Crippen LogP contribution is 2.31. The monoisotopic (exact) mass is 220 g/mol. The zero-order chi connectivity index (χ0) is 11.5. The smallest absolute Gasteiger partial charge is 0.0551 e. The van der Waals surface area contributed by atoms with Gasteiger partial charge in [-0.3, -0.25) is 4.98 Å². The summed E-state index contributed by atoms with van der Waals surface area (Å²) in [5.74, 6) is 0.560. The number of aromatic nitrogens is 1. The third-order valence-electron chi connectivity index (χ3n) is 3.31. The second kappa shape index (κ2) is 4.93. The molecule has 16 heavy (non-hydrogen) atoms. The number of rotatable bonds is 3. The summed E-state index contributed by atoms with van der Waals surface area (Å²) in [5.41, 5.74) is 2.32. The van der Waals surface area contributed by atoms with Crippen molar-refractivity contribution < 1.29 is 4.74 Å². The zero-order valence-electron chi connectivity index (χ0n) is 10.2. The minimum Gasteiger partial charge on any atom is -0.378 e. The van der Waals surface area contributed by atoms with Crippen LogP contribution in [-0.4, -0.2) is 24.7 Å². The fraction of sp³-hybridized carbons (Fsp3) is 0.615. The third-order valence-corrected chi connectivity index (χ3v) is 3.31. The molecule has 3 heteroatoms. The van der Waals surface area contributed by atoms with E-state index in [1.165, 1.54) is 5.56 Å². The lowest BCUT2D eigenvalue weighted by molar-refractivity contribution is 0.117. The molecule has 2 rings (SSSR count). The van der Waals surface area contributed by atoms with Gasteiger partial charge in [-0.2, -0.15) is 0 Å². The van der Waals surface area contributed by atoms with E-state index in [0.29, 0.717) is 18.1 Å². The van der Waals surface area contributed by atoms with Crippen LogP contribution in [0.2, 0.25) is 0 Å². The molecule has 1 fully saturated rings. The van der Waals surface area contributed by atoms with Crippen molar-refractivity contribution in [3.05, 3.63) is 29.6 Å². The second-order valence-electron chi connectivity index (χ2n) is 4.64. The van der Waals surface area contributed by atoms with E-state index in [9.17, 15) is 0 Å².